The summed E-state index contributed by atoms with van der Waals surface area (Å²) in [6.45, 7) is 0. The number of nitrogens with zero attached hydrogens (tertiary/aromatic N) is 3. The second-order valence-electron chi connectivity index (χ2n) is 12.4. The lowest BCUT2D eigenvalue weighted by Crippen LogP contribution is -2.00. The quantitative estimate of drug-likeness (QED) is 0.183. The van der Waals surface area contributed by atoms with Crippen LogP contribution in [-0.4, -0.2) is 15.0 Å². The molecule has 10 aromatic rings. The summed E-state index contributed by atoms with van der Waals surface area (Å²) < 4.78 is 6.66. The number of aromatic nitrogens is 3. The second-order valence-corrected chi connectivity index (χ2v) is 12.4. The molecule has 4 nitrogen and oxygen atoms in total. The molecule has 2 heterocycles. The van der Waals surface area contributed by atoms with E-state index in [1.54, 1.807) is 0 Å². The number of furan rings is 1. The van der Waals surface area contributed by atoms with E-state index in [0.29, 0.717) is 17.5 Å². The smallest absolute Gasteiger partial charge is 0.164 e. The number of para-hydroxylation sites is 1. The van der Waals surface area contributed by atoms with Crippen molar-refractivity contribution in [2.75, 3.05) is 0 Å². The molecule has 4 heteroatoms. The first-order chi connectivity index (χ1) is 24.3. The predicted octanol–water partition coefficient (Wildman–Crippen LogP) is 11.9. The van der Waals surface area contributed by atoms with Crippen LogP contribution < -0.4 is 0 Å². The minimum absolute atomic E-state index is 0.616. The fourth-order valence-corrected chi connectivity index (χ4v) is 7.11. The summed E-state index contributed by atoms with van der Waals surface area (Å²) in [6.07, 6.45) is 0. The first kappa shape index (κ1) is 27.5. The molecule has 8 aromatic carbocycles. The molecule has 0 bridgehead atoms. The van der Waals surface area contributed by atoms with Crippen LogP contribution in [-0.2, 0) is 0 Å². The summed E-state index contributed by atoms with van der Waals surface area (Å²) >= 11 is 0. The van der Waals surface area contributed by atoms with Gasteiger partial charge in [0, 0.05) is 33.0 Å². The molecule has 0 N–H and O–H groups in total. The third kappa shape index (κ3) is 4.57. The molecule has 0 spiro atoms. The van der Waals surface area contributed by atoms with Crippen LogP contribution in [0.5, 0.6) is 0 Å². The first-order valence-electron chi connectivity index (χ1n) is 16.4. The molecule has 2 aromatic heterocycles. The van der Waals surface area contributed by atoms with Gasteiger partial charge in [0.2, 0.25) is 0 Å². The van der Waals surface area contributed by atoms with Gasteiger partial charge < -0.3 is 4.42 Å². The standard InChI is InChI=1S/C45H27N3O/c1-2-12-29(13-3-1)43-46-44(32-22-21-28-11-4-5-14-30(28)25-32)48-45(47-43)33-23-24-41-40(27-33)38-20-10-19-37(42(38)49-41)39-26-31-15-6-7-16-34(31)35-17-8-9-18-36(35)39/h1-27H. The van der Waals surface area contributed by atoms with Gasteiger partial charge in [0.25, 0.3) is 0 Å². The van der Waals surface area contributed by atoms with E-state index in [1.165, 1.54) is 26.9 Å². The molecule has 0 aliphatic carbocycles. The van der Waals surface area contributed by atoms with Crippen LogP contribution in [0.3, 0.4) is 0 Å². The van der Waals surface area contributed by atoms with Crippen molar-refractivity contribution in [2.45, 2.75) is 0 Å². The zero-order valence-corrected chi connectivity index (χ0v) is 26.3. The maximum atomic E-state index is 6.66. The van der Waals surface area contributed by atoms with Crippen molar-refractivity contribution in [3.8, 4) is 45.3 Å². The molecule has 0 saturated heterocycles. The van der Waals surface area contributed by atoms with Gasteiger partial charge in [-0.1, -0.05) is 133 Å². The van der Waals surface area contributed by atoms with E-state index in [4.69, 9.17) is 19.4 Å². The van der Waals surface area contributed by atoms with Gasteiger partial charge in [-0.25, -0.2) is 15.0 Å². The third-order valence-corrected chi connectivity index (χ3v) is 9.49. The average molecular weight is 626 g/mol. The van der Waals surface area contributed by atoms with Crippen LogP contribution in [0.15, 0.2) is 168 Å². The van der Waals surface area contributed by atoms with E-state index in [2.05, 4.69) is 121 Å². The molecule has 228 valence electrons. The maximum absolute atomic E-state index is 6.66. The summed E-state index contributed by atoms with van der Waals surface area (Å²) in [6, 6.07) is 56.9. The van der Waals surface area contributed by atoms with E-state index in [9.17, 15) is 0 Å². The highest BCUT2D eigenvalue weighted by atomic mass is 16.3. The molecule has 0 fully saturated rings. The number of fused-ring (bicyclic) bond motifs is 7. The number of hydrogen-bond acceptors (Lipinski definition) is 4. The third-order valence-electron chi connectivity index (χ3n) is 9.49. The molecule has 49 heavy (non-hydrogen) atoms. The van der Waals surface area contributed by atoms with Crippen LogP contribution in [0.4, 0.5) is 0 Å². The van der Waals surface area contributed by atoms with Gasteiger partial charge in [-0.3, -0.25) is 0 Å². The van der Waals surface area contributed by atoms with E-state index in [1.807, 2.05) is 42.5 Å². The van der Waals surface area contributed by atoms with Gasteiger partial charge >= 0.3 is 0 Å². The molecule has 0 atom stereocenters. The summed E-state index contributed by atoms with van der Waals surface area (Å²) in [5, 5.41) is 9.29. The lowest BCUT2D eigenvalue weighted by atomic mass is 9.92. The summed E-state index contributed by atoms with van der Waals surface area (Å²) in [7, 11) is 0. The fraction of sp³-hybridized carbons (Fsp3) is 0. The molecule has 0 radical (unpaired) electrons. The van der Waals surface area contributed by atoms with Crippen molar-refractivity contribution in [1.82, 2.24) is 15.0 Å². The largest absolute Gasteiger partial charge is 0.455 e. The van der Waals surface area contributed by atoms with E-state index in [-0.39, 0.29) is 0 Å². The summed E-state index contributed by atoms with van der Waals surface area (Å²) in [4.78, 5) is 15.0. The Morgan fingerprint density at radius 3 is 1.76 bits per heavy atom. The highest BCUT2D eigenvalue weighted by Gasteiger charge is 2.18. The number of benzene rings is 8. The Kier molecular flexibility index (Phi) is 6.15. The second kappa shape index (κ2) is 11.0. The Hall–Kier alpha value is -6.65. The lowest BCUT2D eigenvalue weighted by molar-refractivity contribution is 0.670. The summed E-state index contributed by atoms with van der Waals surface area (Å²) in [5.41, 5.74) is 6.71. The average Bonchev–Trinajstić information content (AvgIpc) is 3.56. The normalized spacial score (nSPS) is 11.7. The highest BCUT2D eigenvalue weighted by molar-refractivity contribution is 6.18. The Bertz CT molecular complexity index is 2890. The lowest BCUT2D eigenvalue weighted by Gasteiger charge is -2.11. The molecular weight excluding hydrogens is 599 g/mol. The predicted molar refractivity (Wildman–Crippen MR) is 201 cm³/mol. The first-order valence-corrected chi connectivity index (χ1v) is 16.4. The van der Waals surface area contributed by atoms with Gasteiger partial charge in [-0.05, 0) is 68.2 Å². The van der Waals surface area contributed by atoms with E-state index in [0.717, 1.165) is 55.1 Å². The van der Waals surface area contributed by atoms with Gasteiger partial charge in [0.1, 0.15) is 11.2 Å². The van der Waals surface area contributed by atoms with Crippen molar-refractivity contribution in [1.29, 1.82) is 0 Å². The SMILES string of the molecule is c1ccc(-c2nc(-c3ccc4ccccc4c3)nc(-c3ccc4oc5c(-c6cc7ccccc7c7ccccc67)cccc5c4c3)n2)cc1. The Morgan fingerprint density at radius 1 is 0.327 bits per heavy atom. The van der Waals surface area contributed by atoms with Crippen molar-refractivity contribution < 1.29 is 4.42 Å². The van der Waals surface area contributed by atoms with Crippen molar-refractivity contribution in [2.24, 2.45) is 0 Å². The van der Waals surface area contributed by atoms with Crippen LogP contribution in [0.25, 0.3) is 99.5 Å². The van der Waals surface area contributed by atoms with E-state index >= 15 is 0 Å². The molecule has 0 unspecified atom stereocenters. The molecular formula is C45H27N3O. The minimum atomic E-state index is 0.616. The highest BCUT2D eigenvalue weighted by Crippen LogP contribution is 2.41. The Balaban J connectivity index is 1.16. The maximum Gasteiger partial charge on any atom is 0.164 e. The van der Waals surface area contributed by atoms with Crippen LogP contribution in [0, 0.1) is 0 Å². The minimum Gasteiger partial charge on any atom is -0.455 e. The summed E-state index contributed by atoms with van der Waals surface area (Å²) in [5.74, 6) is 1.89. The van der Waals surface area contributed by atoms with Gasteiger partial charge in [-0.15, -0.1) is 0 Å². The molecule has 0 saturated carbocycles. The van der Waals surface area contributed by atoms with Gasteiger partial charge in [0.15, 0.2) is 17.5 Å². The fourth-order valence-electron chi connectivity index (χ4n) is 7.11. The molecule has 0 amide bonds. The van der Waals surface area contributed by atoms with Crippen LogP contribution in [0.2, 0.25) is 0 Å². The van der Waals surface area contributed by atoms with Crippen molar-refractivity contribution >= 4 is 54.3 Å². The van der Waals surface area contributed by atoms with Crippen LogP contribution in [0.1, 0.15) is 0 Å². The van der Waals surface area contributed by atoms with Crippen molar-refractivity contribution in [3.05, 3.63) is 164 Å². The Labute approximate surface area is 282 Å². The molecule has 0 aliphatic heterocycles. The van der Waals surface area contributed by atoms with Crippen LogP contribution >= 0.6 is 0 Å². The van der Waals surface area contributed by atoms with E-state index < -0.39 is 0 Å². The zero-order valence-electron chi connectivity index (χ0n) is 26.3. The molecule has 10 rings (SSSR count). The molecule has 0 aliphatic rings. The topological polar surface area (TPSA) is 51.8 Å². The Morgan fingerprint density at radius 2 is 0.939 bits per heavy atom. The number of rotatable bonds is 4. The van der Waals surface area contributed by atoms with Gasteiger partial charge in [-0.2, -0.15) is 0 Å². The van der Waals surface area contributed by atoms with Gasteiger partial charge in [0.05, 0.1) is 0 Å². The number of hydrogen-bond donors (Lipinski definition) is 0. The zero-order chi connectivity index (χ0) is 32.3. The van der Waals surface area contributed by atoms with Crippen molar-refractivity contribution in [3.63, 3.8) is 0 Å². The monoisotopic (exact) mass is 625 g/mol.